The maximum absolute atomic E-state index is 13.5. The molecule has 0 unspecified atom stereocenters. The third-order valence-corrected chi connectivity index (χ3v) is 4.66. The van der Waals surface area contributed by atoms with Crippen molar-refractivity contribution in [1.82, 2.24) is 0 Å². The van der Waals surface area contributed by atoms with E-state index in [-0.39, 0.29) is 5.82 Å². The summed E-state index contributed by atoms with van der Waals surface area (Å²) in [5.41, 5.74) is 4.82. The Hall–Kier alpha value is -1.45. The summed E-state index contributed by atoms with van der Waals surface area (Å²) in [7, 11) is 0. The fourth-order valence-corrected chi connectivity index (χ4v) is 3.14. The summed E-state index contributed by atoms with van der Waals surface area (Å²) in [6.07, 6.45) is 0.748. The predicted molar refractivity (Wildman–Crippen MR) is 98.2 cm³/mol. The van der Waals surface area contributed by atoms with Gasteiger partial charge in [-0.3, -0.25) is 0 Å². The number of aryl methyl sites for hydroxylation is 1. The molecule has 2 aromatic rings. The Morgan fingerprint density at radius 2 is 1.74 bits per heavy atom. The zero-order chi connectivity index (χ0) is 17.2. The van der Waals surface area contributed by atoms with E-state index in [1.807, 2.05) is 25.1 Å². The Morgan fingerprint density at radius 1 is 1.13 bits per heavy atom. The van der Waals surface area contributed by atoms with Crippen LogP contribution >= 0.6 is 15.9 Å². The Kier molecular flexibility index (Phi) is 5.43. The quantitative estimate of drug-likeness (QED) is 0.676. The smallest absolute Gasteiger partial charge is 0.123 e. The van der Waals surface area contributed by atoms with Crippen LogP contribution in [0.4, 0.5) is 4.39 Å². The number of rotatable bonds is 5. The molecule has 23 heavy (non-hydrogen) atoms. The molecule has 2 aromatic carbocycles. The van der Waals surface area contributed by atoms with E-state index in [2.05, 4.69) is 22.5 Å². The number of hydrogen-bond donors (Lipinski definition) is 1. The van der Waals surface area contributed by atoms with Crippen LogP contribution in [0.15, 0.2) is 43.0 Å². The van der Waals surface area contributed by atoms with E-state index < -0.39 is 5.60 Å². The highest BCUT2D eigenvalue weighted by Gasteiger charge is 2.19. The van der Waals surface area contributed by atoms with Crippen LogP contribution in [-0.4, -0.2) is 5.11 Å². The number of hydrogen-bond acceptors (Lipinski definition) is 1. The van der Waals surface area contributed by atoms with Gasteiger partial charge in [0.15, 0.2) is 0 Å². The molecule has 0 spiro atoms. The Labute approximate surface area is 146 Å². The van der Waals surface area contributed by atoms with Gasteiger partial charge in [-0.2, -0.15) is 0 Å². The molecule has 0 aliphatic carbocycles. The van der Waals surface area contributed by atoms with Crippen molar-refractivity contribution in [3.8, 4) is 0 Å². The van der Waals surface area contributed by atoms with Gasteiger partial charge < -0.3 is 5.11 Å². The highest BCUT2D eigenvalue weighted by Crippen LogP contribution is 2.32. The lowest BCUT2D eigenvalue weighted by molar-refractivity contribution is 0.0785. The predicted octanol–water partition coefficient (Wildman–Crippen LogP) is 5.57. The zero-order valence-electron chi connectivity index (χ0n) is 13.8. The lowest BCUT2D eigenvalue weighted by Crippen LogP contribution is -2.16. The molecule has 0 fully saturated rings. The molecular weight excluding hydrogens is 355 g/mol. The van der Waals surface area contributed by atoms with Crippen LogP contribution < -0.4 is 0 Å². The molecule has 2 rings (SSSR count). The molecule has 0 bridgehead atoms. The van der Waals surface area contributed by atoms with Crippen LogP contribution in [0.1, 0.15) is 48.6 Å². The third kappa shape index (κ3) is 3.91. The summed E-state index contributed by atoms with van der Waals surface area (Å²) in [6.45, 7) is 9.77. The molecule has 1 nitrogen and oxygen atoms in total. The van der Waals surface area contributed by atoms with Crippen molar-refractivity contribution in [2.24, 2.45) is 0 Å². The minimum atomic E-state index is -0.888. The number of benzene rings is 2. The summed E-state index contributed by atoms with van der Waals surface area (Å²) in [6, 6.07) is 10.7. The Bertz CT molecular complexity index is 729. The number of aliphatic hydroxyl groups is 1. The first-order valence-corrected chi connectivity index (χ1v) is 8.80. The summed E-state index contributed by atoms with van der Waals surface area (Å²) in [5, 5.41) is 10.8. The molecule has 0 radical (unpaired) electrons. The Balaban J connectivity index is 2.52. The van der Waals surface area contributed by atoms with Gasteiger partial charge in [-0.25, -0.2) is 4.39 Å². The molecule has 0 saturated carbocycles. The molecular formula is C20H22BrFO. The van der Waals surface area contributed by atoms with Crippen LogP contribution in [-0.2, 0) is 17.4 Å². The lowest BCUT2D eigenvalue weighted by atomic mass is 9.88. The first-order valence-electron chi connectivity index (χ1n) is 7.67. The van der Waals surface area contributed by atoms with Crippen LogP contribution in [0.2, 0.25) is 0 Å². The van der Waals surface area contributed by atoms with Gasteiger partial charge in [0.2, 0.25) is 0 Å². The van der Waals surface area contributed by atoms with Gasteiger partial charge in [-0.05, 0) is 65.8 Å². The Morgan fingerprint density at radius 3 is 2.30 bits per heavy atom. The molecule has 0 atom stereocenters. The molecule has 0 heterocycles. The molecule has 0 amide bonds. The monoisotopic (exact) mass is 376 g/mol. The number of halogens is 2. The van der Waals surface area contributed by atoms with Crippen molar-refractivity contribution in [2.45, 2.75) is 38.1 Å². The maximum Gasteiger partial charge on any atom is 0.123 e. The van der Waals surface area contributed by atoms with Gasteiger partial charge in [0.25, 0.3) is 0 Å². The topological polar surface area (TPSA) is 20.2 Å². The maximum atomic E-state index is 13.5. The van der Waals surface area contributed by atoms with Gasteiger partial charge >= 0.3 is 0 Å². The second-order valence-electron chi connectivity index (χ2n) is 6.20. The molecule has 0 saturated heterocycles. The fraction of sp³-hybridized carbons (Fsp3) is 0.300. The van der Waals surface area contributed by atoms with Crippen LogP contribution in [0.3, 0.4) is 0 Å². The summed E-state index contributed by atoms with van der Waals surface area (Å²) in [4.78, 5) is 0. The lowest BCUT2D eigenvalue weighted by Gasteiger charge is -2.21. The highest BCUT2D eigenvalue weighted by atomic mass is 79.9. The van der Waals surface area contributed by atoms with Crippen molar-refractivity contribution in [2.75, 3.05) is 0 Å². The summed E-state index contributed by atoms with van der Waals surface area (Å²) in [5.74, 6) is -0.225. The molecule has 0 aliphatic rings. The van der Waals surface area contributed by atoms with Crippen molar-refractivity contribution in [3.05, 3.63) is 76.6 Å². The van der Waals surface area contributed by atoms with Crippen molar-refractivity contribution < 1.29 is 9.50 Å². The van der Waals surface area contributed by atoms with E-state index in [1.165, 1.54) is 6.07 Å². The van der Waals surface area contributed by atoms with E-state index in [9.17, 15) is 9.50 Å². The minimum Gasteiger partial charge on any atom is -0.386 e. The fourth-order valence-electron chi connectivity index (χ4n) is 2.67. The van der Waals surface area contributed by atoms with Crippen LogP contribution in [0.5, 0.6) is 0 Å². The van der Waals surface area contributed by atoms with E-state index in [0.717, 1.165) is 39.8 Å². The average molecular weight is 377 g/mol. The first-order chi connectivity index (χ1) is 10.8. The molecule has 3 heteroatoms. The minimum absolute atomic E-state index is 0.225. The van der Waals surface area contributed by atoms with Gasteiger partial charge in [0.1, 0.15) is 5.82 Å². The van der Waals surface area contributed by atoms with Crippen molar-refractivity contribution in [3.63, 3.8) is 0 Å². The number of alkyl halides is 1. The van der Waals surface area contributed by atoms with Crippen LogP contribution in [0.25, 0.3) is 5.57 Å². The van der Waals surface area contributed by atoms with E-state index >= 15 is 0 Å². The molecule has 1 N–H and O–H groups in total. The van der Waals surface area contributed by atoms with Gasteiger partial charge in [0, 0.05) is 5.33 Å². The summed E-state index contributed by atoms with van der Waals surface area (Å²) >= 11 is 3.51. The SMILES string of the molecule is C=C(c1ccc(F)cc1CC)c1ccc(C(C)(C)O)cc1CBr. The van der Waals surface area contributed by atoms with Crippen LogP contribution in [0, 0.1) is 5.82 Å². The molecule has 0 aliphatic heterocycles. The molecule has 0 aromatic heterocycles. The molecule has 122 valence electrons. The van der Waals surface area contributed by atoms with Crippen molar-refractivity contribution in [1.29, 1.82) is 0 Å². The van der Waals surface area contributed by atoms with E-state index in [1.54, 1.807) is 26.0 Å². The second kappa shape index (κ2) is 6.98. The largest absolute Gasteiger partial charge is 0.386 e. The summed E-state index contributed by atoms with van der Waals surface area (Å²) < 4.78 is 13.5. The van der Waals surface area contributed by atoms with Gasteiger partial charge in [0.05, 0.1) is 5.60 Å². The second-order valence-corrected chi connectivity index (χ2v) is 6.76. The van der Waals surface area contributed by atoms with E-state index in [4.69, 9.17) is 0 Å². The third-order valence-electron chi connectivity index (χ3n) is 4.05. The zero-order valence-corrected chi connectivity index (χ0v) is 15.4. The van der Waals surface area contributed by atoms with Crippen molar-refractivity contribution >= 4 is 21.5 Å². The van der Waals surface area contributed by atoms with Gasteiger partial charge in [-0.15, -0.1) is 0 Å². The first kappa shape index (κ1) is 17.9. The average Bonchev–Trinajstić information content (AvgIpc) is 2.52. The van der Waals surface area contributed by atoms with Gasteiger partial charge in [-0.1, -0.05) is 53.7 Å². The normalized spacial score (nSPS) is 11.6. The highest BCUT2D eigenvalue weighted by molar-refractivity contribution is 9.08. The van der Waals surface area contributed by atoms with E-state index in [0.29, 0.717) is 5.33 Å². The standard InChI is InChI=1S/C20H22BrFO/c1-5-14-11-17(22)7-9-18(14)13(2)19-8-6-16(20(3,4)23)10-15(19)12-21/h6-11,23H,2,5,12H2,1,3-4H3.